The Bertz CT molecular complexity index is 688. The van der Waals surface area contributed by atoms with Crippen LogP contribution in [0.1, 0.15) is 24.0 Å². The van der Waals surface area contributed by atoms with Crippen LogP contribution in [-0.4, -0.2) is 99.4 Å². The average molecular weight is 543 g/mol. The summed E-state index contributed by atoms with van der Waals surface area (Å²) in [6, 6.07) is 9.00. The molecule has 8 heteroatoms. The number of hydrogen-bond acceptors (Lipinski definition) is 5. The van der Waals surface area contributed by atoms with Gasteiger partial charge in [0.25, 0.3) is 0 Å². The zero-order chi connectivity index (χ0) is 20.8. The maximum absolute atomic E-state index is 5.97. The first-order chi connectivity index (χ1) is 14.7. The van der Waals surface area contributed by atoms with Crippen LogP contribution in [0, 0.1) is 0 Å². The lowest BCUT2D eigenvalue weighted by Gasteiger charge is -2.37. The van der Waals surface area contributed by atoms with E-state index in [-0.39, 0.29) is 36.2 Å². The number of aliphatic imine (C=N–C) groups is 1. The van der Waals surface area contributed by atoms with Crippen molar-refractivity contribution < 1.29 is 9.47 Å². The van der Waals surface area contributed by atoms with E-state index in [0.29, 0.717) is 0 Å². The fraction of sp³-hybridized carbons (Fsp3) is 0.696. The summed E-state index contributed by atoms with van der Waals surface area (Å²) in [5.41, 5.74) is 2.67. The molecule has 0 radical (unpaired) electrons. The molecule has 0 spiro atoms. The van der Waals surface area contributed by atoms with Gasteiger partial charge in [-0.3, -0.25) is 9.89 Å². The van der Waals surface area contributed by atoms with Crippen molar-refractivity contribution in [3.63, 3.8) is 0 Å². The Morgan fingerprint density at radius 1 is 1.00 bits per heavy atom. The van der Waals surface area contributed by atoms with Crippen LogP contribution in [0.5, 0.6) is 0 Å². The first kappa shape index (κ1) is 24.7. The monoisotopic (exact) mass is 543 g/mol. The van der Waals surface area contributed by atoms with Crippen LogP contribution in [0.2, 0.25) is 0 Å². The Balaban J connectivity index is 0.00000272. The molecular weight excluding hydrogens is 505 g/mol. The van der Waals surface area contributed by atoms with E-state index in [2.05, 4.69) is 56.3 Å². The zero-order valence-electron chi connectivity index (χ0n) is 19.0. The van der Waals surface area contributed by atoms with Gasteiger partial charge >= 0.3 is 0 Å². The van der Waals surface area contributed by atoms with Gasteiger partial charge in [0.15, 0.2) is 5.96 Å². The molecule has 1 N–H and O–H groups in total. The standard InChI is InChI=1S/C23H37N5O2.HI/c1-24-23(28-13-15-30-22(18-28)21-4-3-14-29-21)25-16-19-5-7-20(8-6-19)17-27-11-9-26(2)10-12-27;/h5-8,21-22H,3-4,9-18H2,1-2H3,(H,24,25);1H. The Labute approximate surface area is 204 Å². The number of nitrogens with zero attached hydrogens (tertiary/aromatic N) is 4. The van der Waals surface area contributed by atoms with Gasteiger partial charge in [-0.05, 0) is 31.0 Å². The fourth-order valence-corrected chi connectivity index (χ4v) is 4.53. The first-order valence-electron chi connectivity index (χ1n) is 11.4. The number of ether oxygens (including phenoxy) is 2. The molecule has 3 fully saturated rings. The largest absolute Gasteiger partial charge is 0.375 e. The number of likely N-dealkylation sites (N-methyl/N-ethyl adjacent to an activating group) is 1. The van der Waals surface area contributed by atoms with Crippen molar-refractivity contribution in [1.29, 1.82) is 0 Å². The van der Waals surface area contributed by atoms with E-state index in [1.807, 2.05) is 7.05 Å². The van der Waals surface area contributed by atoms with Gasteiger partial charge in [-0.25, -0.2) is 0 Å². The quantitative estimate of drug-likeness (QED) is 0.349. The van der Waals surface area contributed by atoms with Crippen molar-refractivity contribution in [2.24, 2.45) is 4.99 Å². The summed E-state index contributed by atoms with van der Waals surface area (Å²) in [5.74, 6) is 0.947. The van der Waals surface area contributed by atoms with Crippen molar-refractivity contribution in [2.45, 2.75) is 38.1 Å². The molecule has 31 heavy (non-hydrogen) atoms. The molecule has 2 atom stereocenters. The highest BCUT2D eigenvalue weighted by molar-refractivity contribution is 14.0. The molecule has 1 aromatic rings. The van der Waals surface area contributed by atoms with E-state index in [1.165, 1.54) is 11.1 Å². The highest BCUT2D eigenvalue weighted by Gasteiger charge is 2.32. The van der Waals surface area contributed by atoms with E-state index < -0.39 is 0 Å². The Kier molecular flexibility index (Phi) is 9.83. The second-order valence-electron chi connectivity index (χ2n) is 8.70. The van der Waals surface area contributed by atoms with Crippen LogP contribution in [0.15, 0.2) is 29.3 Å². The van der Waals surface area contributed by atoms with E-state index in [4.69, 9.17) is 9.47 Å². The molecule has 3 aliphatic heterocycles. The van der Waals surface area contributed by atoms with E-state index in [0.717, 1.165) is 84.4 Å². The van der Waals surface area contributed by atoms with Gasteiger partial charge in [-0.2, -0.15) is 0 Å². The van der Waals surface area contributed by atoms with Crippen LogP contribution in [0.3, 0.4) is 0 Å². The van der Waals surface area contributed by atoms with Crippen molar-refractivity contribution >= 4 is 29.9 Å². The number of rotatable bonds is 5. The van der Waals surface area contributed by atoms with Gasteiger partial charge in [0.2, 0.25) is 0 Å². The number of benzene rings is 1. The minimum atomic E-state index is 0. The average Bonchev–Trinajstić information content (AvgIpc) is 3.32. The van der Waals surface area contributed by atoms with Gasteiger partial charge in [0.05, 0.1) is 12.7 Å². The summed E-state index contributed by atoms with van der Waals surface area (Å²) in [4.78, 5) is 11.8. The minimum Gasteiger partial charge on any atom is -0.375 e. The third-order valence-electron chi connectivity index (χ3n) is 6.46. The Morgan fingerprint density at radius 3 is 2.39 bits per heavy atom. The van der Waals surface area contributed by atoms with Gasteiger partial charge in [-0.15, -0.1) is 24.0 Å². The van der Waals surface area contributed by atoms with Crippen molar-refractivity contribution in [2.75, 3.05) is 66.6 Å². The SMILES string of the molecule is CN=C(NCc1ccc(CN2CCN(C)CC2)cc1)N1CCOC(C2CCCO2)C1.I. The summed E-state index contributed by atoms with van der Waals surface area (Å²) >= 11 is 0. The Morgan fingerprint density at radius 2 is 1.71 bits per heavy atom. The molecule has 0 aromatic heterocycles. The highest BCUT2D eigenvalue weighted by Crippen LogP contribution is 2.21. The summed E-state index contributed by atoms with van der Waals surface area (Å²) in [7, 11) is 4.06. The van der Waals surface area contributed by atoms with Crippen LogP contribution in [-0.2, 0) is 22.6 Å². The van der Waals surface area contributed by atoms with E-state index in [9.17, 15) is 0 Å². The summed E-state index contributed by atoms with van der Waals surface area (Å²) < 4.78 is 11.8. The van der Waals surface area contributed by atoms with Gasteiger partial charge in [0.1, 0.15) is 6.10 Å². The van der Waals surface area contributed by atoms with Crippen molar-refractivity contribution in [3.8, 4) is 0 Å². The lowest BCUT2D eigenvalue weighted by molar-refractivity contribution is -0.0817. The number of nitrogens with one attached hydrogen (secondary N) is 1. The molecule has 0 bridgehead atoms. The maximum atomic E-state index is 5.97. The van der Waals surface area contributed by atoms with Crippen LogP contribution in [0.4, 0.5) is 0 Å². The summed E-state index contributed by atoms with van der Waals surface area (Å²) in [5, 5.41) is 3.54. The third kappa shape index (κ3) is 7.02. The maximum Gasteiger partial charge on any atom is 0.194 e. The topological polar surface area (TPSA) is 52.6 Å². The van der Waals surface area contributed by atoms with E-state index >= 15 is 0 Å². The van der Waals surface area contributed by atoms with Crippen LogP contribution >= 0.6 is 24.0 Å². The molecule has 4 rings (SSSR count). The Hall–Kier alpha value is -0.940. The molecule has 0 saturated carbocycles. The summed E-state index contributed by atoms with van der Waals surface area (Å²) in [6.45, 7) is 9.76. The van der Waals surface area contributed by atoms with Gasteiger partial charge in [-0.1, -0.05) is 24.3 Å². The number of morpholine rings is 1. The predicted octanol–water partition coefficient (Wildman–Crippen LogP) is 2.01. The molecule has 3 aliphatic rings. The smallest absolute Gasteiger partial charge is 0.194 e. The van der Waals surface area contributed by atoms with Crippen molar-refractivity contribution in [3.05, 3.63) is 35.4 Å². The molecule has 2 unspecified atom stereocenters. The van der Waals surface area contributed by atoms with Crippen LogP contribution < -0.4 is 5.32 Å². The molecule has 3 heterocycles. The second-order valence-corrected chi connectivity index (χ2v) is 8.70. The molecule has 0 aliphatic carbocycles. The number of hydrogen-bond donors (Lipinski definition) is 1. The molecule has 174 valence electrons. The first-order valence-corrected chi connectivity index (χ1v) is 11.4. The molecule has 3 saturated heterocycles. The number of guanidine groups is 1. The molecule has 0 amide bonds. The molecule has 7 nitrogen and oxygen atoms in total. The number of piperazine rings is 1. The summed E-state index contributed by atoms with van der Waals surface area (Å²) in [6.07, 6.45) is 2.63. The van der Waals surface area contributed by atoms with E-state index in [1.54, 1.807) is 0 Å². The van der Waals surface area contributed by atoms with Gasteiger partial charge < -0.3 is 24.6 Å². The normalized spacial score (nSPS) is 26.0. The minimum absolute atomic E-state index is 0. The lowest BCUT2D eigenvalue weighted by atomic mass is 10.1. The number of halogens is 1. The van der Waals surface area contributed by atoms with Crippen LogP contribution in [0.25, 0.3) is 0 Å². The second kappa shape index (κ2) is 12.3. The molecular formula is C23H38IN5O2. The predicted molar refractivity (Wildman–Crippen MR) is 135 cm³/mol. The highest BCUT2D eigenvalue weighted by atomic mass is 127. The lowest BCUT2D eigenvalue weighted by Crippen LogP contribution is -2.53. The van der Waals surface area contributed by atoms with Gasteiger partial charge in [0, 0.05) is 66.0 Å². The van der Waals surface area contributed by atoms with Crippen molar-refractivity contribution in [1.82, 2.24) is 20.0 Å². The zero-order valence-corrected chi connectivity index (χ0v) is 21.3. The fourth-order valence-electron chi connectivity index (χ4n) is 4.53. The molecule has 1 aromatic carbocycles. The third-order valence-corrected chi connectivity index (χ3v) is 6.46.